The lowest BCUT2D eigenvalue weighted by atomic mass is 10.2. The zero-order chi connectivity index (χ0) is 17.1. The molecule has 1 aromatic carbocycles. The Balaban J connectivity index is 1.75. The first-order valence-electron chi connectivity index (χ1n) is 7.57. The van der Waals surface area contributed by atoms with E-state index in [0.717, 1.165) is 27.6 Å². The molecule has 3 aromatic rings. The summed E-state index contributed by atoms with van der Waals surface area (Å²) in [5.41, 5.74) is 3.39. The summed E-state index contributed by atoms with van der Waals surface area (Å²) in [5, 5.41) is 5.95. The molecule has 1 amide bonds. The predicted molar refractivity (Wildman–Crippen MR) is 95.4 cm³/mol. The van der Waals surface area contributed by atoms with Crippen molar-refractivity contribution in [3.63, 3.8) is 0 Å². The standard InChI is InChI=1S/C18H19N3O2S/c1-12-20-15(11-24-12)14-8-16(21(2)10-14)18(22)19-9-13-6-4-5-7-17(13)23-3/h4-8,10-11H,9H2,1-3H3,(H,19,22). The number of nitrogens with one attached hydrogen (secondary N) is 1. The number of hydrogen-bond acceptors (Lipinski definition) is 4. The normalized spacial score (nSPS) is 10.6. The van der Waals surface area contributed by atoms with Crippen LogP contribution in [-0.4, -0.2) is 22.6 Å². The van der Waals surface area contributed by atoms with E-state index < -0.39 is 0 Å². The Morgan fingerprint density at radius 3 is 2.88 bits per heavy atom. The Morgan fingerprint density at radius 2 is 2.17 bits per heavy atom. The molecule has 0 aliphatic rings. The molecule has 0 spiro atoms. The zero-order valence-electron chi connectivity index (χ0n) is 13.9. The number of carbonyl (C=O) groups excluding carboxylic acids is 1. The molecule has 0 atom stereocenters. The van der Waals surface area contributed by atoms with E-state index in [9.17, 15) is 4.79 Å². The number of thiazole rings is 1. The van der Waals surface area contributed by atoms with Crippen LogP contribution < -0.4 is 10.1 Å². The smallest absolute Gasteiger partial charge is 0.268 e. The largest absolute Gasteiger partial charge is 0.496 e. The van der Waals surface area contributed by atoms with Gasteiger partial charge >= 0.3 is 0 Å². The lowest BCUT2D eigenvalue weighted by Gasteiger charge is -2.09. The molecular formula is C18H19N3O2S. The van der Waals surface area contributed by atoms with Crippen molar-refractivity contribution in [1.82, 2.24) is 14.9 Å². The van der Waals surface area contributed by atoms with Gasteiger partial charge in [0.25, 0.3) is 5.91 Å². The van der Waals surface area contributed by atoms with Crippen LogP contribution in [0.4, 0.5) is 0 Å². The first kappa shape index (κ1) is 16.3. The van der Waals surface area contributed by atoms with E-state index in [1.165, 1.54) is 0 Å². The fourth-order valence-corrected chi connectivity index (χ4v) is 3.16. The second kappa shape index (κ2) is 6.88. The van der Waals surface area contributed by atoms with Crippen molar-refractivity contribution in [3.05, 3.63) is 58.2 Å². The van der Waals surface area contributed by atoms with E-state index in [4.69, 9.17) is 4.74 Å². The minimum atomic E-state index is -0.124. The molecule has 24 heavy (non-hydrogen) atoms. The molecule has 0 saturated carbocycles. The van der Waals surface area contributed by atoms with Gasteiger partial charge in [-0.15, -0.1) is 11.3 Å². The van der Waals surface area contributed by atoms with Crippen molar-refractivity contribution in [2.45, 2.75) is 13.5 Å². The maximum atomic E-state index is 12.5. The number of aryl methyl sites for hydroxylation is 2. The maximum Gasteiger partial charge on any atom is 0.268 e. The minimum Gasteiger partial charge on any atom is -0.496 e. The third-order valence-electron chi connectivity index (χ3n) is 3.78. The van der Waals surface area contributed by atoms with Crippen LogP contribution in [0.25, 0.3) is 11.3 Å². The summed E-state index contributed by atoms with van der Waals surface area (Å²) in [5.74, 6) is 0.643. The van der Waals surface area contributed by atoms with Crippen LogP contribution in [0.5, 0.6) is 5.75 Å². The Bertz CT molecular complexity index is 867. The summed E-state index contributed by atoms with van der Waals surface area (Å²) < 4.78 is 7.13. The molecule has 0 aliphatic carbocycles. The second-order valence-corrected chi connectivity index (χ2v) is 6.53. The number of amides is 1. The van der Waals surface area contributed by atoms with Crippen LogP contribution in [0.1, 0.15) is 21.1 Å². The number of aromatic nitrogens is 2. The summed E-state index contributed by atoms with van der Waals surface area (Å²) in [6, 6.07) is 9.52. The molecule has 0 fully saturated rings. The van der Waals surface area contributed by atoms with Gasteiger partial charge in [-0.1, -0.05) is 18.2 Å². The van der Waals surface area contributed by atoms with Crippen LogP contribution in [0.2, 0.25) is 0 Å². The first-order chi connectivity index (χ1) is 11.6. The number of carbonyl (C=O) groups is 1. The lowest BCUT2D eigenvalue weighted by Crippen LogP contribution is -2.24. The Morgan fingerprint density at radius 1 is 1.38 bits per heavy atom. The minimum absolute atomic E-state index is 0.124. The molecule has 0 bridgehead atoms. The number of rotatable bonds is 5. The van der Waals surface area contributed by atoms with Gasteiger partial charge in [0.05, 0.1) is 17.8 Å². The molecular weight excluding hydrogens is 322 g/mol. The number of benzene rings is 1. The van der Waals surface area contributed by atoms with Crippen molar-refractivity contribution >= 4 is 17.2 Å². The van der Waals surface area contributed by atoms with Gasteiger partial charge in [0, 0.05) is 36.3 Å². The van der Waals surface area contributed by atoms with Crippen molar-refractivity contribution < 1.29 is 9.53 Å². The fraction of sp³-hybridized carbons (Fsp3) is 0.222. The zero-order valence-corrected chi connectivity index (χ0v) is 14.7. The molecule has 124 valence electrons. The number of para-hydroxylation sites is 1. The van der Waals surface area contributed by atoms with E-state index in [-0.39, 0.29) is 5.91 Å². The summed E-state index contributed by atoms with van der Waals surface area (Å²) in [6.45, 7) is 2.39. The summed E-state index contributed by atoms with van der Waals surface area (Å²) in [4.78, 5) is 17.0. The highest BCUT2D eigenvalue weighted by molar-refractivity contribution is 7.09. The Kier molecular flexibility index (Phi) is 4.66. The van der Waals surface area contributed by atoms with Gasteiger partial charge in [0.15, 0.2) is 0 Å². The molecule has 1 N–H and O–H groups in total. The molecule has 0 aliphatic heterocycles. The van der Waals surface area contributed by atoms with E-state index in [0.29, 0.717) is 12.2 Å². The number of methoxy groups -OCH3 is 1. The predicted octanol–water partition coefficient (Wildman–Crippen LogP) is 3.40. The van der Waals surface area contributed by atoms with Gasteiger partial charge in [-0.3, -0.25) is 4.79 Å². The molecule has 6 heteroatoms. The average Bonchev–Trinajstić information content (AvgIpc) is 3.18. The molecule has 0 unspecified atom stereocenters. The van der Waals surface area contributed by atoms with E-state index in [1.54, 1.807) is 18.4 Å². The molecule has 0 saturated heterocycles. The van der Waals surface area contributed by atoms with Gasteiger partial charge in [-0.05, 0) is 19.1 Å². The highest BCUT2D eigenvalue weighted by atomic mass is 32.1. The fourth-order valence-electron chi connectivity index (χ4n) is 2.54. The Labute approximate surface area is 144 Å². The van der Waals surface area contributed by atoms with E-state index in [2.05, 4.69) is 10.3 Å². The van der Waals surface area contributed by atoms with Crippen molar-refractivity contribution in [2.24, 2.45) is 7.05 Å². The monoisotopic (exact) mass is 341 g/mol. The van der Waals surface area contributed by atoms with Crippen LogP contribution in [0, 0.1) is 6.92 Å². The quantitative estimate of drug-likeness (QED) is 0.774. The van der Waals surface area contributed by atoms with E-state index >= 15 is 0 Å². The molecule has 2 aromatic heterocycles. The average molecular weight is 341 g/mol. The molecule has 2 heterocycles. The van der Waals surface area contributed by atoms with Gasteiger partial charge in [-0.2, -0.15) is 0 Å². The van der Waals surface area contributed by atoms with Crippen LogP contribution in [-0.2, 0) is 13.6 Å². The van der Waals surface area contributed by atoms with Crippen LogP contribution in [0.3, 0.4) is 0 Å². The maximum absolute atomic E-state index is 12.5. The SMILES string of the molecule is COc1ccccc1CNC(=O)c1cc(-c2csc(C)n2)cn1C. The van der Waals surface area contributed by atoms with Crippen molar-refractivity contribution in [1.29, 1.82) is 0 Å². The number of ether oxygens (including phenoxy) is 1. The van der Waals surface area contributed by atoms with Crippen LogP contribution >= 0.6 is 11.3 Å². The third-order valence-corrected chi connectivity index (χ3v) is 4.56. The highest BCUT2D eigenvalue weighted by Crippen LogP contribution is 2.23. The summed E-state index contributed by atoms with van der Waals surface area (Å²) in [7, 11) is 3.49. The van der Waals surface area contributed by atoms with Crippen molar-refractivity contribution in [2.75, 3.05) is 7.11 Å². The lowest BCUT2D eigenvalue weighted by molar-refractivity contribution is 0.0942. The van der Waals surface area contributed by atoms with Crippen LogP contribution in [0.15, 0.2) is 41.9 Å². The van der Waals surface area contributed by atoms with Gasteiger partial charge in [-0.25, -0.2) is 4.98 Å². The first-order valence-corrected chi connectivity index (χ1v) is 8.45. The van der Waals surface area contributed by atoms with Gasteiger partial charge in [0.2, 0.25) is 0 Å². The second-order valence-electron chi connectivity index (χ2n) is 5.47. The molecule has 5 nitrogen and oxygen atoms in total. The topological polar surface area (TPSA) is 56.1 Å². The number of hydrogen-bond donors (Lipinski definition) is 1. The number of nitrogens with zero attached hydrogens (tertiary/aromatic N) is 2. The highest BCUT2D eigenvalue weighted by Gasteiger charge is 2.14. The van der Waals surface area contributed by atoms with Gasteiger partial charge < -0.3 is 14.6 Å². The molecule has 0 radical (unpaired) electrons. The molecule has 3 rings (SSSR count). The van der Waals surface area contributed by atoms with Gasteiger partial charge in [0.1, 0.15) is 11.4 Å². The third kappa shape index (κ3) is 3.33. The summed E-state index contributed by atoms with van der Waals surface area (Å²) >= 11 is 1.60. The Hall–Kier alpha value is -2.60. The van der Waals surface area contributed by atoms with Crippen molar-refractivity contribution in [3.8, 4) is 17.0 Å². The van der Waals surface area contributed by atoms with E-state index in [1.807, 2.05) is 60.4 Å². The summed E-state index contributed by atoms with van der Waals surface area (Å²) in [6.07, 6.45) is 1.92.